The van der Waals surface area contributed by atoms with Crippen LogP contribution in [0.4, 0.5) is 8.78 Å². The van der Waals surface area contributed by atoms with E-state index in [0.29, 0.717) is 22.8 Å². The fourth-order valence-corrected chi connectivity index (χ4v) is 5.63. The number of alkyl halides is 2. The van der Waals surface area contributed by atoms with Crippen LogP contribution < -0.4 is 9.47 Å². The quantitative estimate of drug-likeness (QED) is 0.143. The molecule has 0 aliphatic heterocycles. The molecular formula is C33H34F2N2O4S. The van der Waals surface area contributed by atoms with Gasteiger partial charge in [0.25, 0.3) is 0 Å². The maximum absolute atomic E-state index is 13.1. The molecule has 1 atom stereocenters. The summed E-state index contributed by atoms with van der Waals surface area (Å²) < 4.78 is 51.4. The van der Waals surface area contributed by atoms with Crippen molar-refractivity contribution in [1.29, 1.82) is 0 Å². The second-order valence-corrected chi connectivity index (χ2v) is 11.1. The van der Waals surface area contributed by atoms with Crippen molar-refractivity contribution in [3.05, 3.63) is 102 Å². The molecule has 1 aromatic heterocycles. The molecular weight excluding hydrogens is 558 g/mol. The Bertz CT molecular complexity index is 1550. The third kappa shape index (κ3) is 8.22. The number of ether oxygens (including phenoxy) is 2. The molecule has 0 saturated heterocycles. The first-order chi connectivity index (χ1) is 20.3. The van der Waals surface area contributed by atoms with E-state index in [4.69, 9.17) is 9.47 Å². The molecule has 42 heavy (non-hydrogen) atoms. The van der Waals surface area contributed by atoms with E-state index in [2.05, 4.69) is 4.98 Å². The van der Waals surface area contributed by atoms with E-state index in [1.807, 2.05) is 49.6 Å². The Kier molecular flexibility index (Phi) is 10.8. The van der Waals surface area contributed by atoms with Crippen molar-refractivity contribution in [2.24, 2.45) is 0 Å². The van der Waals surface area contributed by atoms with E-state index in [9.17, 15) is 17.8 Å². The summed E-state index contributed by atoms with van der Waals surface area (Å²) in [6.07, 6.45) is 5.62. The first-order valence-electron chi connectivity index (χ1n) is 13.8. The van der Waals surface area contributed by atoms with Crippen molar-refractivity contribution in [2.75, 3.05) is 6.61 Å². The first-order valence-corrected chi connectivity index (χ1v) is 15.1. The van der Waals surface area contributed by atoms with Crippen molar-refractivity contribution < 1.29 is 27.3 Å². The summed E-state index contributed by atoms with van der Waals surface area (Å²) in [4.78, 5) is 17.8. The average molecular weight is 593 g/mol. The molecule has 0 aliphatic rings. The maximum atomic E-state index is 13.1. The number of rotatable bonds is 14. The van der Waals surface area contributed by atoms with Crippen LogP contribution in [0.25, 0.3) is 17.2 Å². The van der Waals surface area contributed by atoms with E-state index in [1.165, 1.54) is 18.2 Å². The average Bonchev–Trinajstić information content (AvgIpc) is 3.34. The zero-order valence-corrected chi connectivity index (χ0v) is 24.7. The number of carbonyl (C=O) groups excluding carboxylic acids is 1. The van der Waals surface area contributed by atoms with Crippen molar-refractivity contribution in [1.82, 2.24) is 9.55 Å². The lowest BCUT2D eigenvalue weighted by Crippen LogP contribution is -2.05. The lowest BCUT2D eigenvalue weighted by molar-refractivity contribution is -0.113. The first kappa shape index (κ1) is 30.8. The number of aryl methyl sites for hydroxylation is 2. The van der Waals surface area contributed by atoms with Crippen LogP contribution in [0.5, 0.6) is 11.5 Å². The number of aromatic nitrogens is 2. The van der Waals surface area contributed by atoms with E-state index < -0.39 is 17.4 Å². The fraction of sp³-hybridized carbons (Fsp3) is 0.273. The van der Waals surface area contributed by atoms with Crippen molar-refractivity contribution in [2.45, 2.75) is 57.4 Å². The van der Waals surface area contributed by atoms with Crippen molar-refractivity contribution >= 4 is 22.7 Å². The van der Waals surface area contributed by atoms with Gasteiger partial charge in [0.2, 0.25) is 0 Å². The Hall–Kier alpha value is -4.11. The Balaban J connectivity index is 1.44. The highest BCUT2D eigenvalue weighted by Gasteiger charge is 2.13. The standard InChI is InChI=1S/C33H34F2N2O4S/c1-4-18-40-29-13-9-25(10-14-29)26-11-17-32(41-33(34)35)27(20-26)8-12-28(38)19-24-6-15-30(16-7-24)42(39)21-31-23(3)36-22-37(31)5-2/h6-17,20,22,33H,4-5,18-19,21H2,1-3H3/b12-8+/t42-/m0/s1. The molecule has 0 spiro atoms. The second kappa shape index (κ2) is 14.7. The Morgan fingerprint density at radius 1 is 1.02 bits per heavy atom. The van der Waals surface area contributed by atoms with Gasteiger partial charge in [-0.3, -0.25) is 9.00 Å². The largest absolute Gasteiger partial charge is 0.494 e. The molecule has 0 amide bonds. The minimum atomic E-state index is -3.00. The van der Waals surface area contributed by atoms with Gasteiger partial charge in [-0.1, -0.05) is 37.3 Å². The second-order valence-electron chi connectivity index (χ2n) is 9.68. The Morgan fingerprint density at radius 2 is 1.74 bits per heavy atom. The molecule has 0 N–H and O–H groups in total. The summed E-state index contributed by atoms with van der Waals surface area (Å²) in [5.41, 5.74) is 4.57. The van der Waals surface area contributed by atoms with Gasteiger partial charge in [-0.05, 0) is 85.5 Å². The van der Waals surface area contributed by atoms with E-state index in [-0.39, 0.29) is 18.0 Å². The summed E-state index contributed by atoms with van der Waals surface area (Å²) in [6.45, 7) is 4.33. The van der Waals surface area contributed by atoms with E-state index in [0.717, 1.165) is 46.8 Å². The number of ketones is 1. The van der Waals surface area contributed by atoms with Gasteiger partial charge in [0.15, 0.2) is 5.78 Å². The number of nitrogens with zero attached hydrogens (tertiary/aromatic N) is 2. The van der Waals surface area contributed by atoms with Crippen LogP contribution in [0.15, 0.2) is 84.0 Å². The molecule has 0 bridgehead atoms. The van der Waals surface area contributed by atoms with Gasteiger partial charge in [-0.2, -0.15) is 8.78 Å². The Labute approximate surface area is 247 Å². The van der Waals surface area contributed by atoms with Gasteiger partial charge in [-0.25, -0.2) is 4.98 Å². The highest BCUT2D eigenvalue weighted by molar-refractivity contribution is 7.84. The topological polar surface area (TPSA) is 70.4 Å². The van der Waals surface area contributed by atoms with Gasteiger partial charge in [0, 0.05) is 23.4 Å². The van der Waals surface area contributed by atoms with Crippen LogP contribution in [0.1, 0.15) is 42.8 Å². The third-order valence-corrected chi connectivity index (χ3v) is 8.00. The molecule has 1 heterocycles. The smallest absolute Gasteiger partial charge is 0.387 e. The summed E-state index contributed by atoms with van der Waals surface area (Å²) >= 11 is 0. The molecule has 4 aromatic rings. The summed E-state index contributed by atoms with van der Waals surface area (Å²) in [6, 6.07) is 19.5. The van der Waals surface area contributed by atoms with Crippen LogP contribution in [0.3, 0.4) is 0 Å². The van der Waals surface area contributed by atoms with Crippen LogP contribution in [0, 0.1) is 6.92 Å². The molecule has 4 rings (SSSR count). The van der Waals surface area contributed by atoms with Crippen LogP contribution in [-0.4, -0.2) is 32.8 Å². The molecule has 0 unspecified atom stereocenters. The predicted octanol–water partition coefficient (Wildman–Crippen LogP) is 7.40. The van der Waals surface area contributed by atoms with Crippen LogP contribution in [-0.2, 0) is 34.3 Å². The molecule has 0 radical (unpaired) electrons. The van der Waals surface area contributed by atoms with Gasteiger partial charge >= 0.3 is 6.61 Å². The number of imidazole rings is 1. The van der Waals surface area contributed by atoms with Gasteiger partial charge < -0.3 is 14.0 Å². The van der Waals surface area contributed by atoms with E-state index in [1.54, 1.807) is 42.7 Å². The Morgan fingerprint density at radius 3 is 2.40 bits per heavy atom. The molecule has 0 aliphatic carbocycles. The van der Waals surface area contributed by atoms with Crippen LogP contribution >= 0.6 is 0 Å². The molecule has 0 saturated carbocycles. The van der Waals surface area contributed by atoms with Crippen molar-refractivity contribution in [3.63, 3.8) is 0 Å². The van der Waals surface area contributed by atoms with Gasteiger partial charge in [0.05, 0.1) is 40.9 Å². The highest BCUT2D eigenvalue weighted by Crippen LogP contribution is 2.30. The van der Waals surface area contributed by atoms with E-state index >= 15 is 0 Å². The fourth-order valence-electron chi connectivity index (χ4n) is 4.40. The number of hydrogen-bond acceptors (Lipinski definition) is 5. The maximum Gasteiger partial charge on any atom is 0.387 e. The lowest BCUT2D eigenvalue weighted by Gasteiger charge is -2.11. The van der Waals surface area contributed by atoms with Gasteiger partial charge in [0.1, 0.15) is 11.5 Å². The summed E-state index contributed by atoms with van der Waals surface area (Å²) in [5, 5.41) is 0. The number of allylic oxidation sites excluding steroid dienone is 1. The third-order valence-electron chi connectivity index (χ3n) is 6.66. The zero-order chi connectivity index (χ0) is 30.1. The van der Waals surface area contributed by atoms with Crippen molar-refractivity contribution in [3.8, 4) is 22.6 Å². The number of carbonyl (C=O) groups is 1. The monoisotopic (exact) mass is 592 g/mol. The van der Waals surface area contributed by atoms with Crippen LogP contribution in [0.2, 0.25) is 0 Å². The molecule has 220 valence electrons. The number of hydrogen-bond donors (Lipinski definition) is 0. The molecule has 6 nitrogen and oxygen atoms in total. The summed E-state index contributed by atoms with van der Waals surface area (Å²) in [5.74, 6) is 0.881. The SMILES string of the molecule is CCCOc1ccc(-c2ccc(OC(F)F)c(/C=C/C(=O)Cc3ccc([S@@](=O)Cc4c(C)ncn4CC)cc3)c2)cc1. The molecule has 3 aromatic carbocycles. The minimum absolute atomic E-state index is 0.0211. The highest BCUT2D eigenvalue weighted by atomic mass is 32.2. The zero-order valence-electron chi connectivity index (χ0n) is 23.9. The predicted molar refractivity (Wildman–Crippen MR) is 161 cm³/mol. The molecule has 0 fully saturated rings. The number of benzene rings is 3. The normalized spacial score (nSPS) is 12.1. The molecule has 9 heteroatoms. The van der Waals surface area contributed by atoms with Gasteiger partial charge in [-0.15, -0.1) is 0 Å². The number of halogens is 2. The minimum Gasteiger partial charge on any atom is -0.494 e. The summed E-state index contributed by atoms with van der Waals surface area (Å²) in [7, 11) is -1.26. The lowest BCUT2D eigenvalue weighted by atomic mass is 10.0.